The maximum Gasteiger partial charge on any atom is 0.227 e. The van der Waals surface area contributed by atoms with Gasteiger partial charge in [0.25, 0.3) is 0 Å². The third-order valence-electron chi connectivity index (χ3n) is 6.92. The lowest BCUT2D eigenvalue weighted by molar-refractivity contribution is -0.127. The molecular formula is C23H29FN8O2. The molecule has 0 unspecified atom stereocenters. The number of ether oxygens (including phenoxy) is 1. The van der Waals surface area contributed by atoms with Crippen molar-refractivity contribution in [2.24, 2.45) is 5.41 Å². The number of hydrogen-bond donors (Lipinski definition) is 2. The molecule has 3 aliphatic heterocycles. The van der Waals surface area contributed by atoms with Gasteiger partial charge >= 0.3 is 0 Å². The lowest BCUT2D eigenvalue weighted by Crippen LogP contribution is -2.66. The number of rotatable bonds is 5. The van der Waals surface area contributed by atoms with Crippen LogP contribution < -0.4 is 15.1 Å². The monoisotopic (exact) mass is 468 g/mol. The molecule has 0 aromatic carbocycles. The van der Waals surface area contributed by atoms with Crippen LogP contribution in [0.1, 0.15) is 26.3 Å². The van der Waals surface area contributed by atoms with E-state index < -0.39 is 12.3 Å². The molecule has 6 heterocycles. The molecular weight excluding hydrogens is 439 g/mol. The van der Waals surface area contributed by atoms with Crippen LogP contribution in [0.5, 0.6) is 0 Å². The number of alkyl halides is 1. The van der Waals surface area contributed by atoms with Gasteiger partial charge in [0.2, 0.25) is 5.95 Å². The van der Waals surface area contributed by atoms with Gasteiger partial charge in [0, 0.05) is 44.1 Å². The van der Waals surface area contributed by atoms with E-state index in [1.807, 2.05) is 16.9 Å². The van der Waals surface area contributed by atoms with Crippen molar-refractivity contribution in [3.05, 3.63) is 24.5 Å². The van der Waals surface area contributed by atoms with E-state index in [2.05, 4.69) is 39.0 Å². The fraction of sp³-hybridized carbons (Fsp3) is 0.565. The van der Waals surface area contributed by atoms with Crippen LogP contribution in [0.25, 0.3) is 10.9 Å². The number of piperidine rings is 1. The number of anilines is 4. The molecule has 3 aromatic heterocycles. The van der Waals surface area contributed by atoms with Crippen molar-refractivity contribution in [2.45, 2.75) is 38.6 Å². The summed E-state index contributed by atoms with van der Waals surface area (Å²) in [6.45, 7) is 8.43. The second kappa shape index (κ2) is 8.02. The van der Waals surface area contributed by atoms with Gasteiger partial charge in [-0.2, -0.15) is 10.1 Å². The minimum atomic E-state index is -1.30. The zero-order valence-electron chi connectivity index (χ0n) is 19.4. The SMILES string of the molecule is CC(C)n1nc(N2CC3(COC3)C2)c2cnc(Nc3ccnc(N4CC[C@H](O)[C@H](F)C4)n3)cc21. The molecule has 6 rings (SSSR count). The van der Waals surface area contributed by atoms with Crippen molar-refractivity contribution in [3.63, 3.8) is 0 Å². The topological polar surface area (TPSA) is 104 Å². The van der Waals surface area contributed by atoms with Gasteiger partial charge in [-0.15, -0.1) is 0 Å². The first kappa shape index (κ1) is 21.5. The number of halogens is 1. The van der Waals surface area contributed by atoms with Crippen LogP contribution in [0.2, 0.25) is 0 Å². The number of hydrogen-bond acceptors (Lipinski definition) is 9. The molecule has 0 bridgehead atoms. The summed E-state index contributed by atoms with van der Waals surface area (Å²) in [5, 5.41) is 18.9. The second-order valence-electron chi connectivity index (χ2n) is 9.98. The highest BCUT2D eigenvalue weighted by Crippen LogP contribution is 2.42. The first-order valence-electron chi connectivity index (χ1n) is 11.8. The summed E-state index contributed by atoms with van der Waals surface area (Å²) in [6.07, 6.45) is 1.63. The van der Waals surface area contributed by atoms with Crippen molar-refractivity contribution in [2.75, 3.05) is 54.5 Å². The standard InChI is InChI=1S/C23H29FN8O2/c1-14(2)32-17-7-20(26-8-15(17)21(29-32)31-10-23(11-31)12-34-13-23)27-19-3-5-25-22(28-19)30-6-4-18(33)16(24)9-30/h3,5,7-8,14,16,18,33H,4,6,9-13H2,1-2H3,(H,25,26,27,28)/t16-,18+/m1/s1. The Morgan fingerprint density at radius 2 is 2.03 bits per heavy atom. The summed E-state index contributed by atoms with van der Waals surface area (Å²) in [6, 6.07) is 3.94. The Morgan fingerprint density at radius 3 is 2.74 bits per heavy atom. The highest BCUT2D eigenvalue weighted by molar-refractivity contribution is 5.92. The summed E-state index contributed by atoms with van der Waals surface area (Å²) in [7, 11) is 0. The fourth-order valence-electron chi connectivity index (χ4n) is 4.97. The van der Waals surface area contributed by atoms with Crippen LogP contribution in [0.4, 0.5) is 27.8 Å². The third kappa shape index (κ3) is 3.63. The van der Waals surface area contributed by atoms with Gasteiger partial charge in [0.1, 0.15) is 17.8 Å². The predicted octanol–water partition coefficient (Wildman–Crippen LogP) is 2.29. The highest BCUT2D eigenvalue weighted by atomic mass is 19.1. The minimum absolute atomic E-state index is 0.0785. The average Bonchev–Trinajstić information content (AvgIpc) is 3.13. The average molecular weight is 469 g/mol. The largest absolute Gasteiger partial charge is 0.390 e. The van der Waals surface area contributed by atoms with E-state index in [1.54, 1.807) is 17.2 Å². The number of fused-ring (bicyclic) bond motifs is 1. The molecule has 2 atom stereocenters. The molecule has 0 radical (unpaired) electrons. The number of aliphatic hydroxyl groups is 1. The summed E-state index contributed by atoms with van der Waals surface area (Å²) >= 11 is 0. The van der Waals surface area contributed by atoms with Crippen molar-refractivity contribution in [1.29, 1.82) is 0 Å². The quantitative estimate of drug-likeness (QED) is 0.584. The van der Waals surface area contributed by atoms with E-state index in [0.29, 0.717) is 36.0 Å². The van der Waals surface area contributed by atoms with E-state index in [-0.39, 0.29) is 12.6 Å². The number of pyridine rings is 1. The van der Waals surface area contributed by atoms with E-state index in [4.69, 9.17) is 9.84 Å². The Kier molecular flexibility index (Phi) is 5.07. The normalized spacial score (nSPS) is 23.9. The molecule has 0 saturated carbocycles. The maximum absolute atomic E-state index is 14.0. The van der Waals surface area contributed by atoms with Gasteiger partial charge in [-0.25, -0.2) is 14.4 Å². The first-order chi connectivity index (χ1) is 16.4. The second-order valence-corrected chi connectivity index (χ2v) is 9.98. The van der Waals surface area contributed by atoms with Crippen LogP contribution in [0.15, 0.2) is 24.5 Å². The Hall–Kier alpha value is -3.05. The number of aromatic nitrogens is 5. The molecule has 2 N–H and O–H groups in total. The third-order valence-corrected chi connectivity index (χ3v) is 6.92. The molecule has 3 aromatic rings. The van der Waals surface area contributed by atoms with E-state index >= 15 is 0 Å². The maximum atomic E-state index is 14.0. The molecule has 10 nitrogen and oxygen atoms in total. The van der Waals surface area contributed by atoms with Crippen LogP contribution in [-0.2, 0) is 4.74 Å². The molecule has 1 spiro atoms. The molecule has 3 aliphatic rings. The van der Waals surface area contributed by atoms with Crippen LogP contribution >= 0.6 is 0 Å². The van der Waals surface area contributed by atoms with Gasteiger partial charge in [0.05, 0.1) is 42.2 Å². The summed E-state index contributed by atoms with van der Waals surface area (Å²) < 4.78 is 21.4. The van der Waals surface area contributed by atoms with Crippen molar-refractivity contribution < 1.29 is 14.2 Å². The zero-order valence-corrected chi connectivity index (χ0v) is 19.4. The van der Waals surface area contributed by atoms with Gasteiger partial charge in [-0.05, 0) is 26.3 Å². The highest BCUT2D eigenvalue weighted by Gasteiger charge is 2.50. The molecule has 3 saturated heterocycles. The Labute approximate surface area is 196 Å². The summed E-state index contributed by atoms with van der Waals surface area (Å²) in [5.41, 5.74) is 1.32. The smallest absolute Gasteiger partial charge is 0.227 e. The summed E-state index contributed by atoms with van der Waals surface area (Å²) in [5.74, 6) is 2.62. The lowest BCUT2D eigenvalue weighted by Gasteiger charge is -2.55. The van der Waals surface area contributed by atoms with Gasteiger partial charge in [-0.1, -0.05) is 0 Å². The van der Waals surface area contributed by atoms with Crippen molar-refractivity contribution in [1.82, 2.24) is 24.7 Å². The minimum Gasteiger partial charge on any atom is -0.390 e. The Morgan fingerprint density at radius 1 is 1.21 bits per heavy atom. The number of aliphatic hydroxyl groups excluding tert-OH is 1. The lowest BCUT2D eigenvalue weighted by atomic mass is 9.78. The van der Waals surface area contributed by atoms with E-state index in [9.17, 15) is 9.50 Å². The number of nitrogens with zero attached hydrogens (tertiary/aromatic N) is 7. The van der Waals surface area contributed by atoms with E-state index in [1.165, 1.54) is 0 Å². The van der Waals surface area contributed by atoms with Crippen molar-refractivity contribution >= 4 is 34.3 Å². The number of nitrogens with one attached hydrogen (secondary N) is 1. The van der Waals surface area contributed by atoms with Crippen molar-refractivity contribution in [3.8, 4) is 0 Å². The van der Waals surface area contributed by atoms with Crippen LogP contribution in [-0.4, -0.2) is 81.5 Å². The molecule has 180 valence electrons. The molecule has 34 heavy (non-hydrogen) atoms. The zero-order chi connectivity index (χ0) is 23.4. The molecule has 3 fully saturated rings. The van der Waals surface area contributed by atoms with Gasteiger partial charge in [-0.3, -0.25) is 4.68 Å². The first-order valence-corrected chi connectivity index (χ1v) is 11.8. The molecule has 11 heteroatoms. The fourth-order valence-corrected chi connectivity index (χ4v) is 4.97. The van der Waals surface area contributed by atoms with Crippen LogP contribution in [0, 0.1) is 5.41 Å². The van der Waals surface area contributed by atoms with Gasteiger partial charge < -0.3 is 25.0 Å². The molecule has 0 aliphatic carbocycles. The van der Waals surface area contributed by atoms with Gasteiger partial charge in [0.15, 0.2) is 5.82 Å². The molecule has 0 amide bonds. The Balaban J connectivity index is 1.25. The van der Waals surface area contributed by atoms with E-state index in [0.717, 1.165) is 43.0 Å². The predicted molar refractivity (Wildman–Crippen MR) is 126 cm³/mol. The Bertz CT molecular complexity index is 1200. The summed E-state index contributed by atoms with van der Waals surface area (Å²) in [4.78, 5) is 17.5. The van der Waals surface area contributed by atoms with Crippen LogP contribution in [0.3, 0.4) is 0 Å².